The lowest BCUT2D eigenvalue weighted by Gasteiger charge is -2.34. The second-order valence-electron chi connectivity index (χ2n) is 8.62. The van der Waals surface area contributed by atoms with E-state index in [1.807, 2.05) is 0 Å². The maximum atomic E-state index is 12.3. The van der Waals surface area contributed by atoms with Gasteiger partial charge in [0.15, 0.2) is 28.6 Å². The molecule has 0 spiro atoms. The number of aliphatic hydroxyl groups is 3. The predicted molar refractivity (Wildman–Crippen MR) is 111 cm³/mol. The number of ether oxygens (including phenoxy) is 1. The van der Waals surface area contributed by atoms with Crippen LogP contribution in [0.2, 0.25) is 0 Å². The molecule has 1 fully saturated rings. The molecule has 0 radical (unpaired) electrons. The lowest BCUT2D eigenvalue weighted by molar-refractivity contribution is -0.0631. The van der Waals surface area contributed by atoms with Crippen molar-refractivity contribution in [3.8, 4) is 0 Å². The van der Waals surface area contributed by atoms with Gasteiger partial charge in [0.05, 0.1) is 18.0 Å². The third kappa shape index (κ3) is 4.53. The molecule has 2 aromatic heterocycles. The molecule has 5 atom stereocenters. The molecule has 1 unspecified atom stereocenters. The van der Waals surface area contributed by atoms with Crippen LogP contribution in [0.15, 0.2) is 6.33 Å². The van der Waals surface area contributed by atoms with E-state index in [9.17, 15) is 24.8 Å². The minimum Gasteiger partial charge on any atom is -0.388 e. The van der Waals surface area contributed by atoms with Crippen molar-refractivity contribution in [3.63, 3.8) is 0 Å². The van der Waals surface area contributed by atoms with E-state index >= 15 is 0 Å². The number of aliphatic hydroxyl groups excluding tert-OH is 2. The molecule has 0 aliphatic carbocycles. The summed E-state index contributed by atoms with van der Waals surface area (Å²) in [5.41, 5.74) is 5.18. The van der Waals surface area contributed by atoms with Crippen molar-refractivity contribution in [1.82, 2.24) is 19.5 Å². The summed E-state index contributed by atoms with van der Waals surface area (Å²) in [6.07, 6.45) is -3.32. The molecule has 1 aliphatic heterocycles. The first-order valence-electron chi connectivity index (χ1n) is 9.62. The molecule has 7 N–H and O–H groups in total. The average molecular weight is 460 g/mol. The normalized spacial score (nSPS) is 26.9. The molecule has 0 aromatic carbocycles. The first kappa shape index (κ1) is 23.8. The van der Waals surface area contributed by atoms with E-state index in [1.54, 1.807) is 7.05 Å². The number of anilines is 2. The largest absolute Gasteiger partial charge is 0.388 e. The molecule has 1 saturated heterocycles. The molecule has 3 rings (SSSR count). The number of aromatic nitrogens is 4. The van der Waals surface area contributed by atoms with Crippen molar-refractivity contribution in [2.24, 2.45) is 0 Å². The zero-order valence-corrected chi connectivity index (χ0v) is 18.8. The Bertz CT molecular complexity index is 1010. The fraction of sp³-hybridized carbons (Fsp3) is 0.706. The minimum atomic E-state index is -4.40. The monoisotopic (exact) mass is 460 g/mol. The number of hydrogen-bond donors (Lipinski definition) is 6. The Hall–Kier alpha value is -1.86. The van der Waals surface area contributed by atoms with Gasteiger partial charge in [-0.25, -0.2) is 4.98 Å². The third-order valence-electron chi connectivity index (χ3n) is 5.04. The van der Waals surface area contributed by atoms with Gasteiger partial charge in [-0.15, -0.1) is 0 Å². The molecule has 0 amide bonds. The molecular weight excluding hydrogens is 431 g/mol. The van der Waals surface area contributed by atoms with Gasteiger partial charge in [0.1, 0.15) is 12.2 Å². The fourth-order valence-electron chi connectivity index (χ4n) is 3.39. The van der Waals surface area contributed by atoms with E-state index in [0.717, 1.165) is 0 Å². The van der Waals surface area contributed by atoms with E-state index in [0.29, 0.717) is 17.0 Å². The second-order valence-corrected chi connectivity index (χ2v) is 10.9. The van der Waals surface area contributed by atoms with Gasteiger partial charge in [0.2, 0.25) is 5.95 Å². The first-order valence-corrected chi connectivity index (χ1v) is 11.2. The third-order valence-corrected chi connectivity index (χ3v) is 7.17. The van der Waals surface area contributed by atoms with Crippen LogP contribution in [-0.2, 0) is 13.8 Å². The molecule has 31 heavy (non-hydrogen) atoms. The Labute approximate surface area is 178 Å². The van der Waals surface area contributed by atoms with Gasteiger partial charge in [-0.2, -0.15) is 9.97 Å². The van der Waals surface area contributed by atoms with E-state index in [-0.39, 0.29) is 12.4 Å². The van der Waals surface area contributed by atoms with Gasteiger partial charge in [-0.1, -0.05) is 0 Å². The van der Waals surface area contributed by atoms with E-state index in [2.05, 4.69) is 20.3 Å². The number of imidazole rings is 1. The van der Waals surface area contributed by atoms with Gasteiger partial charge in [0.25, 0.3) is 0 Å². The summed E-state index contributed by atoms with van der Waals surface area (Å²) in [5.74, 6) is 0.383. The Morgan fingerprint density at radius 2 is 1.94 bits per heavy atom. The van der Waals surface area contributed by atoms with Crippen LogP contribution in [0.1, 0.15) is 40.3 Å². The molecular formula is C17H29N6O7P. The van der Waals surface area contributed by atoms with Crippen LogP contribution < -0.4 is 11.1 Å². The number of nitrogens with two attached hydrogens (primary N) is 1. The van der Waals surface area contributed by atoms with Gasteiger partial charge in [-0.05, 0) is 27.7 Å². The highest BCUT2D eigenvalue weighted by molar-refractivity contribution is 7.54. The average Bonchev–Trinajstić information content (AvgIpc) is 3.15. The van der Waals surface area contributed by atoms with Crippen LogP contribution >= 0.6 is 7.60 Å². The Balaban J connectivity index is 1.85. The van der Waals surface area contributed by atoms with Crippen LogP contribution in [0, 0.1) is 0 Å². The van der Waals surface area contributed by atoms with Crippen molar-refractivity contribution in [3.05, 3.63) is 6.33 Å². The predicted octanol–water partition coefficient (Wildman–Crippen LogP) is 0.168. The number of rotatable bonds is 7. The summed E-state index contributed by atoms with van der Waals surface area (Å²) in [6.45, 7) is 5.39. The smallest absolute Gasteiger partial charge is 0.359 e. The summed E-state index contributed by atoms with van der Waals surface area (Å²) < 4.78 is 25.0. The maximum absolute atomic E-state index is 12.3. The summed E-state index contributed by atoms with van der Waals surface area (Å²) in [6, 6.07) is 0. The van der Waals surface area contributed by atoms with Gasteiger partial charge in [-0.3, -0.25) is 9.13 Å². The second kappa shape index (κ2) is 7.93. The Morgan fingerprint density at radius 1 is 1.29 bits per heavy atom. The van der Waals surface area contributed by atoms with Crippen molar-refractivity contribution in [1.29, 1.82) is 0 Å². The number of nitrogens with zero attached hydrogens (tertiary/aromatic N) is 4. The number of hydrogen-bond acceptors (Lipinski definition) is 11. The Kier molecular flexibility index (Phi) is 6.08. The minimum absolute atomic E-state index is 0.0111. The fourth-order valence-corrected chi connectivity index (χ4v) is 4.36. The SMILES string of the molecule is CNc1nc(N)nc2c1ncn2[C@@H]1O[C@H](CC(C)(C)OP(=O)(O)C(C)(C)O)[C@@H](O)[C@H]1O. The summed E-state index contributed by atoms with van der Waals surface area (Å²) >= 11 is 0. The number of nitrogens with one attached hydrogen (secondary N) is 1. The van der Waals surface area contributed by atoms with Crippen LogP contribution in [0.5, 0.6) is 0 Å². The summed E-state index contributed by atoms with van der Waals surface area (Å²) in [4.78, 5) is 22.5. The quantitative estimate of drug-likeness (QED) is 0.307. The molecule has 13 nitrogen and oxygen atoms in total. The molecule has 174 valence electrons. The topological polar surface area (TPSA) is 198 Å². The molecule has 1 aliphatic rings. The zero-order valence-electron chi connectivity index (χ0n) is 17.9. The number of nitrogen functional groups attached to an aromatic ring is 1. The summed E-state index contributed by atoms with van der Waals surface area (Å²) in [5, 5.41) is 32.0. The Morgan fingerprint density at radius 3 is 2.52 bits per heavy atom. The van der Waals surface area contributed by atoms with Gasteiger partial charge < -0.3 is 40.5 Å². The highest BCUT2D eigenvalue weighted by Crippen LogP contribution is 2.57. The molecule has 2 aromatic rings. The van der Waals surface area contributed by atoms with Crippen molar-refractivity contribution in [2.75, 3.05) is 18.1 Å². The van der Waals surface area contributed by atoms with Crippen LogP contribution in [0.3, 0.4) is 0 Å². The number of fused-ring (bicyclic) bond motifs is 1. The molecule has 0 saturated carbocycles. The summed E-state index contributed by atoms with van der Waals surface area (Å²) in [7, 11) is -2.75. The van der Waals surface area contributed by atoms with E-state index in [4.69, 9.17) is 15.0 Å². The van der Waals surface area contributed by atoms with Crippen LogP contribution in [-0.4, -0.2) is 76.0 Å². The molecule has 3 heterocycles. The van der Waals surface area contributed by atoms with Crippen molar-refractivity contribution < 1.29 is 34.0 Å². The van der Waals surface area contributed by atoms with E-state index < -0.39 is 43.1 Å². The molecule has 14 heteroatoms. The van der Waals surface area contributed by atoms with Gasteiger partial charge >= 0.3 is 7.60 Å². The highest BCUT2D eigenvalue weighted by Gasteiger charge is 2.49. The lowest BCUT2D eigenvalue weighted by atomic mass is 9.97. The van der Waals surface area contributed by atoms with Gasteiger partial charge in [0, 0.05) is 13.5 Å². The standard InChI is InChI=1S/C17H29N6O7P/c1-16(2,30-31(27,28)17(3,4)26)6-8-10(24)11(25)14(29-8)23-7-20-9-12(19-5)21-15(18)22-13(9)23/h7-8,10-11,14,24-26H,6H2,1-5H3,(H,27,28)(H3,18,19,21,22)/t8-,10-,11-,14-/m1/s1. The first-order chi connectivity index (χ1) is 14.2. The van der Waals surface area contributed by atoms with Crippen LogP contribution in [0.4, 0.5) is 11.8 Å². The van der Waals surface area contributed by atoms with Crippen molar-refractivity contribution >= 4 is 30.5 Å². The van der Waals surface area contributed by atoms with Crippen molar-refractivity contribution in [2.45, 2.75) is 69.6 Å². The highest BCUT2D eigenvalue weighted by atomic mass is 31.2. The zero-order chi connectivity index (χ0) is 23.4. The van der Waals surface area contributed by atoms with Crippen LogP contribution in [0.25, 0.3) is 11.2 Å². The lowest BCUT2D eigenvalue weighted by Crippen LogP contribution is -2.38. The molecule has 0 bridgehead atoms. The maximum Gasteiger partial charge on any atom is 0.359 e. The van der Waals surface area contributed by atoms with E-state index in [1.165, 1.54) is 38.6 Å².